The Morgan fingerprint density at radius 3 is 2.71 bits per heavy atom. The molecule has 2 aromatic rings. The van der Waals surface area contributed by atoms with Crippen molar-refractivity contribution in [3.63, 3.8) is 0 Å². The number of benzene rings is 2. The van der Waals surface area contributed by atoms with Crippen LogP contribution < -0.4 is 4.74 Å². The monoisotopic (exact) mass is 402 g/mol. The molecule has 150 valence electrons. The molecule has 0 spiro atoms. The molecule has 0 bridgehead atoms. The molecular formula is C22H27FN2O2S. The van der Waals surface area contributed by atoms with E-state index in [4.69, 9.17) is 4.74 Å². The molecule has 0 N–H and O–H groups in total. The molecule has 0 aromatic heterocycles. The maximum Gasteiger partial charge on any atom is 0.237 e. The van der Waals surface area contributed by atoms with Crippen LogP contribution in [0, 0.1) is 5.82 Å². The van der Waals surface area contributed by atoms with Crippen molar-refractivity contribution >= 4 is 17.7 Å². The second kappa shape index (κ2) is 9.43. The number of rotatable bonds is 7. The summed E-state index contributed by atoms with van der Waals surface area (Å²) in [7, 11) is 1.66. The molecule has 3 rings (SSSR count). The number of carbonyl (C=O) groups is 1. The Hall–Kier alpha value is -2.05. The Balaban J connectivity index is 1.70. The number of amides is 1. The average Bonchev–Trinajstić information content (AvgIpc) is 3.18. The zero-order chi connectivity index (χ0) is 20.1. The summed E-state index contributed by atoms with van der Waals surface area (Å²) in [5.74, 6) is 1.57. The highest BCUT2D eigenvalue weighted by molar-refractivity contribution is 7.99. The minimum absolute atomic E-state index is 0.0427. The van der Waals surface area contributed by atoms with Crippen molar-refractivity contribution in [1.82, 2.24) is 9.80 Å². The molecule has 0 aliphatic carbocycles. The smallest absolute Gasteiger partial charge is 0.237 e. The molecule has 6 heteroatoms. The van der Waals surface area contributed by atoms with Gasteiger partial charge in [-0.05, 0) is 49.2 Å². The largest absolute Gasteiger partial charge is 0.497 e. The van der Waals surface area contributed by atoms with Crippen molar-refractivity contribution in [3.8, 4) is 5.75 Å². The summed E-state index contributed by atoms with van der Waals surface area (Å²) in [5, 5.41) is -0.0427. The first-order valence-corrected chi connectivity index (χ1v) is 10.6. The summed E-state index contributed by atoms with van der Waals surface area (Å²) in [6.07, 6.45) is 0. The van der Waals surface area contributed by atoms with Gasteiger partial charge in [0.2, 0.25) is 5.91 Å². The van der Waals surface area contributed by atoms with Gasteiger partial charge in [-0.1, -0.05) is 24.3 Å². The lowest BCUT2D eigenvalue weighted by Crippen LogP contribution is -2.42. The van der Waals surface area contributed by atoms with Crippen molar-refractivity contribution in [2.45, 2.75) is 31.8 Å². The van der Waals surface area contributed by atoms with E-state index >= 15 is 0 Å². The van der Waals surface area contributed by atoms with E-state index in [0.717, 1.165) is 29.2 Å². The molecular weight excluding hydrogens is 375 g/mol. The van der Waals surface area contributed by atoms with E-state index in [0.29, 0.717) is 13.1 Å². The first-order chi connectivity index (χ1) is 13.5. The van der Waals surface area contributed by atoms with E-state index in [2.05, 4.69) is 24.8 Å². The molecule has 0 saturated carbocycles. The van der Waals surface area contributed by atoms with Crippen molar-refractivity contribution in [2.24, 2.45) is 0 Å². The van der Waals surface area contributed by atoms with E-state index in [1.165, 1.54) is 12.1 Å². The first-order valence-electron chi connectivity index (χ1n) is 9.51. The zero-order valence-electron chi connectivity index (χ0n) is 16.6. The van der Waals surface area contributed by atoms with Gasteiger partial charge in [-0.15, -0.1) is 11.8 Å². The number of hydrogen-bond donors (Lipinski definition) is 0. The molecule has 2 aromatic carbocycles. The Bertz CT molecular complexity index is 797. The van der Waals surface area contributed by atoms with Gasteiger partial charge in [0.25, 0.3) is 0 Å². The normalized spacial score (nSPS) is 16.8. The zero-order valence-corrected chi connectivity index (χ0v) is 17.4. The second-order valence-corrected chi connectivity index (χ2v) is 8.40. The highest BCUT2D eigenvalue weighted by atomic mass is 32.2. The van der Waals surface area contributed by atoms with Crippen molar-refractivity contribution in [2.75, 3.05) is 26.0 Å². The van der Waals surface area contributed by atoms with Gasteiger partial charge in [0.15, 0.2) is 0 Å². The fourth-order valence-electron chi connectivity index (χ4n) is 3.32. The van der Waals surface area contributed by atoms with Crippen LogP contribution in [0.5, 0.6) is 5.75 Å². The lowest BCUT2D eigenvalue weighted by Gasteiger charge is -2.30. The lowest BCUT2D eigenvalue weighted by atomic mass is 10.1. The summed E-state index contributed by atoms with van der Waals surface area (Å²) < 4.78 is 18.6. The standard InChI is InChI=1S/C22H27FN2O2S/c1-16(2)24(14-17-5-4-6-20(13-17)27-3)15-21(26)25-11-12-28-22(25)18-7-9-19(23)10-8-18/h4-10,13,16,22H,11-12,14-15H2,1-3H3/t22-/m1/s1. The van der Waals surface area contributed by atoms with E-state index in [9.17, 15) is 9.18 Å². The fourth-order valence-corrected chi connectivity index (χ4v) is 4.60. The summed E-state index contributed by atoms with van der Waals surface area (Å²) in [6.45, 7) is 5.96. The van der Waals surface area contributed by atoms with Gasteiger partial charge in [0.05, 0.1) is 13.7 Å². The average molecular weight is 403 g/mol. The second-order valence-electron chi connectivity index (χ2n) is 7.21. The maximum absolute atomic E-state index is 13.2. The molecule has 28 heavy (non-hydrogen) atoms. The quantitative estimate of drug-likeness (QED) is 0.691. The van der Waals surface area contributed by atoms with E-state index in [1.807, 2.05) is 23.1 Å². The topological polar surface area (TPSA) is 32.8 Å². The van der Waals surface area contributed by atoms with Crippen molar-refractivity contribution in [3.05, 3.63) is 65.5 Å². The number of halogens is 1. The number of ether oxygens (including phenoxy) is 1. The highest BCUT2D eigenvalue weighted by Crippen LogP contribution is 2.38. The molecule has 1 fully saturated rings. The van der Waals surface area contributed by atoms with Crippen LogP contribution in [-0.4, -0.2) is 47.7 Å². The number of nitrogens with zero attached hydrogens (tertiary/aromatic N) is 2. The molecule has 4 nitrogen and oxygen atoms in total. The summed E-state index contributed by atoms with van der Waals surface area (Å²) in [4.78, 5) is 17.2. The number of hydrogen-bond acceptors (Lipinski definition) is 4. The molecule has 1 aliphatic heterocycles. The number of methoxy groups -OCH3 is 1. The van der Waals surface area contributed by atoms with Crippen molar-refractivity contribution in [1.29, 1.82) is 0 Å². The fraction of sp³-hybridized carbons (Fsp3) is 0.409. The lowest BCUT2D eigenvalue weighted by molar-refractivity contribution is -0.133. The molecule has 0 radical (unpaired) electrons. The van der Waals surface area contributed by atoms with Crippen LogP contribution in [-0.2, 0) is 11.3 Å². The number of thioether (sulfide) groups is 1. The van der Waals surface area contributed by atoms with Gasteiger partial charge in [0, 0.05) is 24.9 Å². The molecule has 1 aliphatic rings. The molecule has 0 unspecified atom stereocenters. The SMILES string of the molecule is COc1cccc(CN(CC(=O)N2CCS[C@@H]2c2ccc(F)cc2)C(C)C)c1. The molecule has 1 amide bonds. The summed E-state index contributed by atoms with van der Waals surface area (Å²) >= 11 is 1.73. The summed E-state index contributed by atoms with van der Waals surface area (Å²) in [5.41, 5.74) is 2.09. The van der Waals surface area contributed by atoms with Gasteiger partial charge in [-0.3, -0.25) is 9.69 Å². The van der Waals surface area contributed by atoms with Crippen LogP contribution >= 0.6 is 11.8 Å². The van der Waals surface area contributed by atoms with Crippen LogP contribution in [0.15, 0.2) is 48.5 Å². The molecule has 1 atom stereocenters. The first kappa shape index (κ1) is 20.7. The maximum atomic E-state index is 13.2. The van der Waals surface area contributed by atoms with Gasteiger partial charge in [0.1, 0.15) is 16.9 Å². The molecule has 1 heterocycles. The van der Waals surface area contributed by atoms with E-state index in [1.54, 1.807) is 31.0 Å². The molecule has 1 saturated heterocycles. The third-order valence-corrected chi connectivity index (χ3v) is 6.22. The van der Waals surface area contributed by atoms with E-state index < -0.39 is 0 Å². The third-order valence-electron chi connectivity index (χ3n) is 4.95. The Kier molecular flexibility index (Phi) is 6.97. The van der Waals surface area contributed by atoms with Gasteiger partial charge in [-0.2, -0.15) is 0 Å². The van der Waals surface area contributed by atoms with Crippen LogP contribution in [0.1, 0.15) is 30.3 Å². The Morgan fingerprint density at radius 1 is 1.29 bits per heavy atom. The van der Waals surface area contributed by atoms with Crippen LogP contribution in [0.4, 0.5) is 4.39 Å². The van der Waals surface area contributed by atoms with Gasteiger partial charge >= 0.3 is 0 Å². The van der Waals surface area contributed by atoms with Crippen molar-refractivity contribution < 1.29 is 13.9 Å². The van der Waals surface area contributed by atoms with E-state index in [-0.39, 0.29) is 23.1 Å². The van der Waals surface area contributed by atoms with Crippen LogP contribution in [0.2, 0.25) is 0 Å². The summed E-state index contributed by atoms with van der Waals surface area (Å²) in [6, 6.07) is 14.6. The van der Waals surface area contributed by atoms with Gasteiger partial charge in [-0.25, -0.2) is 4.39 Å². The number of carbonyl (C=O) groups excluding carboxylic acids is 1. The Morgan fingerprint density at radius 2 is 2.04 bits per heavy atom. The van der Waals surface area contributed by atoms with Crippen LogP contribution in [0.3, 0.4) is 0 Å². The predicted molar refractivity (Wildman–Crippen MR) is 112 cm³/mol. The Labute approximate surface area is 170 Å². The van der Waals surface area contributed by atoms with Gasteiger partial charge < -0.3 is 9.64 Å². The predicted octanol–water partition coefficient (Wildman–Crippen LogP) is 4.32. The van der Waals surface area contributed by atoms with Crippen LogP contribution in [0.25, 0.3) is 0 Å². The highest BCUT2D eigenvalue weighted by Gasteiger charge is 2.31. The minimum atomic E-state index is -0.256. The minimum Gasteiger partial charge on any atom is -0.497 e. The third kappa shape index (κ3) is 5.06.